The van der Waals surface area contributed by atoms with Gasteiger partial charge in [0.2, 0.25) is 0 Å². The van der Waals surface area contributed by atoms with Gasteiger partial charge in [0.25, 0.3) is 0 Å². The number of benzene rings is 1. The van der Waals surface area contributed by atoms with Gasteiger partial charge in [-0.15, -0.1) is 0 Å². The summed E-state index contributed by atoms with van der Waals surface area (Å²) in [6.45, 7) is 4.25. The lowest BCUT2D eigenvalue weighted by atomic mass is 10.0. The Bertz CT molecular complexity index is 462. The summed E-state index contributed by atoms with van der Waals surface area (Å²) in [6, 6.07) is 1.67. The molecule has 0 amide bonds. The minimum Gasteiger partial charge on any atom is -0.493 e. The number of aliphatic hydroxyl groups excluding tert-OH is 1. The zero-order valence-corrected chi connectivity index (χ0v) is 13.8. The molecule has 0 aliphatic rings. The van der Waals surface area contributed by atoms with Crippen LogP contribution < -0.4 is 4.74 Å². The maximum Gasteiger partial charge on any atom is 0.344 e. The third-order valence-corrected chi connectivity index (χ3v) is 4.09. The summed E-state index contributed by atoms with van der Waals surface area (Å²) in [4.78, 5) is 11.8. The van der Waals surface area contributed by atoms with Crippen molar-refractivity contribution in [3.05, 3.63) is 27.2 Å². The Balaban J connectivity index is 3.23. The molecule has 0 saturated carbocycles. The Kier molecular flexibility index (Phi) is 6.76. The van der Waals surface area contributed by atoms with Gasteiger partial charge in [0.1, 0.15) is 11.3 Å². The molecular weight excluding hydrogens is 331 g/mol. The maximum atomic E-state index is 11.8. The van der Waals surface area contributed by atoms with Crippen LogP contribution in [-0.4, -0.2) is 17.7 Å². The Morgan fingerprint density at radius 3 is 2.74 bits per heavy atom. The lowest BCUT2D eigenvalue weighted by molar-refractivity contribution is 0.0760. The van der Waals surface area contributed by atoms with Crippen molar-refractivity contribution in [2.75, 3.05) is 6.61 Å². The van der Waals surface area contributed by atoms with E-state index in [1.165, 1.54) is 0 Å². The molecule has 0 spiro atoms. The molecule has 1 aromatic rings. The van der Waals surface area contributed by atoms with Gasteiger partial charge >= 0.3 is 5.97 Å². The number of carbonyl (C=O) groups is 1. The van der Waals surface area contributed by atoms with Crippen molar-refractivity contribution >= 4 is 31.4 Å². The highest BCUT2D eigenvalue weighted by Gasteiger charge is 2.21. The van der Waals surface area contributed by atoms with Crippen molar-refractivity contribution < 1.29 is 19.2 Å². The van der Waals surface area contributed by atoms with Gasteiger partial charge in [-0.3, -0.25) is 0 Å². The predicted molar refractivity (Wildman–Crippen MR) is 80.3 cm³/mol. The lowest BCUT2D eigenvalue weighted by Crippen LogP contribution is -2.09. The molecule has 0 fully saturated rings. The molecule has 106 valence electrons. The highest BCUT2D eigenvalue weighted by molar-refractivity contribution is 9.10. The Hall–Kier alpha value is -0.640. The summed E-state index contributed by atoms with van der Waals surface area (Å²) in [5.41, 5.74) is 1.77. The van der Waals surface area contributed by atoms with Gasteiger partial charge < -0.3 is 14.4 Å². The molecule has 0 radical (unpaired) electrons. The van der Waals surface area contributed by atoms with Gasteiger partial charge in [0, 0.05) is 4.47 Å². The first-order chi connectivity index (χ1) is 9.06. The molecular formula is C13H18BrO4P. The average molecular weight is 349 g/mol. The van der Waals surface area contributed by atoms with Crippen LogP contribution in [0.1, 0.15) is 41.3 Å². The monoisotopic (exact) mass is 348 g/mol. The average Bonchev–Trinajstić information content (AvgIpc) is 2.42. The van der Waals surface area contributed by atoms with Crippen LogP contribution >= 0.6 is 25.4 Å². The fourth-order valence-corrected chi connectivity index (χ4v) is 2.25. The van der Waals surface area contributed by atoms with Crippen LogP contribution in [0.5, 0.6) is 5.75 Å². The summed E-state index contributed by atoms with van der Waals surface area (Å²) < 4.78 is 11.0. The quantitative estimate of drug-likeness (QED) is 0.632. The third-order valence-electron chi connectivity index (χ3n) is 2.77. The molecule has 1 unspecified atom stereocenters. The molecule has 0 saturated heterocycles. The molecule has 0 aliphatic heterocycles. The molecule has 0 bridgehead atoms. The summed E-state index contributed by atoms with van der Waals surface area (Å²) >= 11 is 3.37. The maximum absolute atomic E-state index is 11.8. The molecule has 19 heavy (non-hydrogen) atoms. The number of aliphatic hydroxyl groups is 1. The number of ether oxygens (including phenoxy) is 1. The van der Waals surface area contributed by atoms with Crippen LogP contribution in [0.3, 0.4) is 0 Å². The van der Waals surface area contributed by atoms with E-state index < -0.39 is 5.97 Å². The summed E-state index contributed by atoms with van der Waals surface area (Å²) in [6.07, 6.45) is 1.91. The van der Waals surface area contributed by atoms with Crippen LogP contribution in [0.2, 0.25) is 0 Å². The van der Waals surface area contributed by atoms with Gasteiger partial charge in [-0.2, -0.15) is 0 Å². The zero-order chi connectivity index (χ0) is 14.4. The van der Waals surface area contributed by atoms with E-state index in [2.05, 4.69) is 22.9 Å². The van der Waals surface area contributed by atoms with E-state index in [0.29, 0.717) is 33.5 Å². The molecule has 0 aromatic heterocycles. The third kappa shape index (κ3) is 3.91. The number of rotatable bonds is 6. The van der Waals surface area contributed by atoms with Crippen molar-refractivity contribution in [1.82, 2.24) is 0 Å². The van der Waals surface area contributed by atoms with E-state index in [-0.39, 0.29) is 6.61 Å². The fraction of sp³-hybridized carbons (Fsp3) is 0.462. The minimum atomic E-state index is -0.473. The van der Waals surface area contributed by atoms with E-state index in [1.807, 2.05) is 9.47 Å². The first kappa shape index (κ1) is 16.4. The van der Waals surface area contributed by atoms with Crippen LogP contribution in [0.4, 0.5) is 0 Å². The molecule has 1 N–H and O–H groups in total. The molecule has 1 atom stereocenters. The second kappa shape index (κ2) is 7.83. The van der Waals surface area contributed by atoms with Gasteiger partial charge in [-0.25, -0.2) is 4.79 Å². The number of halogens is 1. The number of hydrogen-bond donors (Lipinski definition) is 1. The molecule has 1 aromatic carbocycles. The van der Waals surface area contributed by atoms with Crippen LogP contribution in [0.15, 0.2) is 10.5 Å². The Morgan fingerprint density at radius 2 is 2.21 bits per heavy atom. The predicted octanol–water partition coefficient (Wildman–Crippen LogP) is 3.38. The minimum absolute atomic E-state index is 0.123. The number of hydrogen-bond acceptors (Lipinski definition) is 4. The standard InChI is InChI=1S/C13H18BrO4P/c1-3-4-5-17-10-6-9(7-15)12(14)8(2)11(10)13(16)18-19/h6,15H,3-5,7,19H2,1-2H3. The Labute approximate surface area is 123 Å². The first-order valence-corrected chi connectivity index (χ1v) is 7.29. The second-order valence-corrected chi connectivity index (χ2v) is 5.14. The normalized spacial score (nSPS) is 10.4. The second-order valence-electron chi connectivity index (χ2n) is 4.11. The van der Waals surface area contributed by atoms with E-state index in [9.17, 15) is 9.90 Å². The van der Waals surface area contributed by atoms with E-state index in [0.717, 1.165) is 12.8 Å². The molecule has 1 rings (SSSR count). The van der Waals surface area contributed by atoms with Gasteiger partial charge in [0.05, 0.1) is 22.7 Å². The van der Waals surface area contributed by atoms with Crippen molar-refractivity contribution in [3.63, 3.8) is 0 Å². The molecule has 4 nitrogen and oxygen atoms in total. The zero-order valence-electron chi connectivity index (χ0n) is 11.0. The fourth-order valence-electron chi connectivity index (χ4n) is 1.70. The van der Waals surface area contributed by atoms with E-state index >= 15 is 0 Å². The van der Waals surface area contributed by atoms with Gasteiger partial charge in [0.15, 0.2) is 0 Å². The smallest absolute Gasteiger partial charge is 0.344 e. The van der Waals surface area contributed by atoms with Crippen molar-refractivity contribution in [3.8, 4) is 5.75 Å². The molecule has 6 heteroatoms. The number of carbonyl (C=O) groups excluding carboxylic acids is 1. The van der Waals surface area contributed by atoms with E-state index in [1.54, 1.807) is 13.0 Å². The molecule has 0 heterocycles. The van der Waals surface area contributed by atoms with Gasteiger partial charge in [-0.1, -0.05) is 29.3 Å². The van der Waals surface area contributed by atoms with E-state index in [4.69, 9.17) is 9.26 Å². The van der Waals surface area contributed by atoms with Crippen LogP contribution in [0, 0.1) is 6.92 Å². The highest BCUT2D eigenvalue weighted by atomic mass is 79.9. The summed E-state index contributed by atoms with van der Waals surface area (Å²) in [7, 11) is 1.94. The van der Waals surface area contributed by atoms with Gasteiger partial charge in [-0.05, 0) is 30.5 Å². The summed E-state index contributed by atoms with van der Waals surface area (Å²) in [5.74, 6) is -0.0233. The summed E-state index contributed by atoms with van der Waals surface area (Å²) in [5, 5.41) is 9.32. The molecule has 0 aliphatic carbocycles. The lowest BCUT2D eigenvalue weighted by Gasteiger charge is -2.16. The van der Waals surface area contributed by atoms with Crippen LogP contribution in [-0.2, 0) is 11.1 Å². The SMILES string of the molecule is CCCCOc1cc(CO)c(Br)c(C)c1C(=O)OP. The van der Waals surface area contributed by atoms with Crippen molar-refractivity contribution in [2.24, 2.45) is 0 Å². The number of unbranched alkanes of at least 4 members (excludes halogenated alkanes) is 1. The van der Waals surface area contributed by atoms with Crippen LogP contribution in [0.25, 0.3) is 0 Å². The highest BCUT2D eigenvalue weighted by Crippen LogP contribution is 2.33. The topological polar surface area (TPSA) is 55.8 Å². The Morgan fingerprint density at radius 1 is 1.53 bits per heavy atom. The largest absolute Gasteiger partial charge is 0.493 e. The first-order valence-electron chi connectivity index (χ1n) is 6.03. The van der Waals surface area contributed by atoms with Crippen molar-refractivity contribution in [2.45, 2.75) is 33.3 Å². The van der Waals surface area contributed by atoms with Crippen molar-refractivity contribution in [1.29, 1.82) is 0 Å².